The van der Waals surface area contributed by atoms with Crippen LogP contribution in [0.25, 0.3) is 0 Å². The second-order valence-corrected chi connectivity index (χ2v) is 10.2. The summed E-state index contributed by atoms with van der Waals surface area (Å²) < 4.78 is 60.0. The van der Waals surface area contributed by atoms with Gasteiger partial charge >= 0.3 is 11.9 Å². The van der Waals surface area contributed by atoms with Gasteiger partial charge in [-0.25, -0.2) is 18.7 Å². The third kappa shape index (κ3) is 5.58. The average molecular weight is 563 g/mol. The van der Waals surface area contributed by atoms with Gasteiger partial charge in [0.2, 0.25) is 11.8 Å². The van der Waals surface area contributed by atoms with Crippen molar-refractivity contribution in [2.45, 2.75) is 50.6 Å². The molecule has 40 heavy (non-hydrogen) atoms. The van der Waals surface area contributed by atoms with E-state index in [-0.39, 0.29) is 23.5 Å². The highest BCUT2D eigenvalue weighted by molar-refractivity contribution is 5.94. The van der Waals surface area contributed by atoms with Gasteiger partial charge in [-0.15, -0.1) is 0 Å². The number of piperidine rings is 1. The molecule has 14 heteroatoms. The maximum atomic E-state index is 14.3. The van der Waals surface area contributed by atoms with E-state index in [1.165, 1.54) is 18.5 Å². The van der Waals surface area contributed by atoms with Crippen molar-refractivity contribution in [3.05, 3.63) is 59.2 Å². The molecule has 2 saturated heterocycles. The lowest BCUT2D eigenvalue weighted by molar-refractivity contribution is 0.00558. The molecule has 1 amide bonds. The molecule has 4 heterocycles. The van der Waals surface area contributed by atoms with Crippen LogP contribution in [0.4, 0.5) is 29.5 Å². The lowest BCUT2D eigenvalue weighted by Gasteiger charge is -2.37. The van der Waals surface area contributed by atoms with Crippen LogP contribution in [-0.2, 0) is 5.92 Å². The molecule has 0 spiro atoms. The van der Waals surface area contributed by atoms with E-state index in [0.29, 0.717) is 64.0 Å². The lowest BCUT2D eigenvalue weighted by atomic mass is 9.94. The van der Waals surface area contributed by atoms with Gasteiger partial charge in [0, 0.05) is 70.0 Å². The smallest absolute Gasteiger partial charge is 0.324 e. The summed E-state index contributed by atoms with van der Waals surface area (Å²) in [7, 11) is 0. The number of carbonyl (C=O) groups excluding carboxylic acids is 1. The molecular weight excluding hydrogens is 532 g/mol. The van der Waals surface area contributed by atoms with Crippen molar-refractivity contribution in [3.63, 3.8) is 0 Å². The van der Waals surface area contributed by atoms with Crippen molar-refractivity contribution in [2.75, 3.05) is 42.5 Å². The van der Waals surface area contributed by atoms with E-state index in [1.807, 2.05) is 6.92 Å². The van der Waals surface area contributed by atoms with Crippen LogP contribution in [0.5, 0.6) is 0 Å². The first kappa shape index (κ1) is 27.7. The van der Waals surface area contributed by atoms with Gasteiger partial charge in [0.05, 0.1) is 5.56 Å². The van der Waals surface area contributed by atoms with E-state index in [1.54, 1.807) is 14.7 Å². The molecule has 0 bridgehead atoms. The van der Waals surface area contributed by atoms with Gasteiger partial charge in [0.25, 0.3) is 5.91 Å². The van der Waals surface area contributed by atoms with Crippen molar-refractivity contribution in [1.82, 2.24) is 25.0 Å². The molecule has 2 aliphatic rings. The van der Waals surface area contributed by atoms with E-state index in [0.717, 1.165) is 12.1 Å². The van der Waals surface area contributed by atoms with Crippen LogP contribution in [0.1, 0.15) is 54.4 Å². The van der Waals surface area contributed by atoms with E-state index in [2.05, 4.69) is 20.1 Å². The highest BCUT2D eigenvalue weighted by Gasteiger charge is 2.36. The van der Waals surface area contributed by atoms with Gasteiger partial charge < -0.3 is 25.0 Å². The maximum Gasteiger partial charge on any atom is 0.324 e. The average Bonchev–Trinajstić information content (AvgIpc) is 3.59. The molecular formula is C26H30F4N8O2. The number of amides is 1. The first-order chi connectivity index (χ1) is 19.0. The Kier molecular flexibility index (Phi) is 7.62. The van der Waals surface area contributed by atoms with Crippen LogP contribution >= 0.6 is 0 Å². The third-order valence-electron chi connectivity index (χ3n) is 7.48. The van der Waals surface area contributed by atoms with E-state index < -0.39 is 35.3 Å². The fourth-order valence-electron chi connectivity index (χ4n) is 5.34. The number of carbonyl (C=O) groups is 1. The Morgan fingerprint density at radius 3 is 2.48 bits per heavy atom. The summed E-state index contributed by atoms with van der Waals surface area (Å²) in [6.07, 6.45) is 4.08. The van der Waals surface area contributed by atoms with Gasteiger partial charge in [-0.3, -0.25) is 4.79 Å². The number of nitrogens with two attached hydrogens (primary N) is 1. The number of hydrogen-bond acceptors (Lipinski definition) is 9. The summed E-state index contributed by atoms with van der Waals surface area (Å²) in [6.45, 7) is 4.63. The number of benzene rings is 1. The zero-order valence-corrected chi connectivity index (χ0v) is 22.1. The first-order valence-corrected chi connectivity index (χ1v) is 13.1. The van der Waals surface area contributed by atoms with Crippen LogP contribution in [0.15, 0.2) is 35.1 Å². The van der Waals surface area contributed by atoms with E-state index in [9.17, 15) is 22.4 Å². The number of rotatable bonds is 7. The zero-order chi connectivity index (χ0) is 28.6. The molecule has 0 saturated carbocycles. The summed E-state index contributed by atoms with van der Waals surface area (Å²) in [6, 6.07) is 2.84. The molecule has 2 atom stereocenters. The molecule has 2 aromatic heterocycles. The second kappa shape index (κ2) is 11.0. The number of aromatic nitrogens is 4. The van der Waals surface area contributed by atoms with Crippen molar-refractivity contribution >= 4 is 17.9 Å². The van der Waals surface area contributed by atoms with Crippen molar-refractivity contribution in [1.29, 1.82) is 0 Å². The first-order valence-electron chi connectivity index (χ1n) is 13.1. The minimum Gasteiger partial charge on any atom is -0.339 e. The van der Waals surface area contributed by atoms with Gasteiger partial charge in [0.15, 0.2) is 0 Å². The number of halogens is 4. The minimum atomic E-state index is -3.19. The molecule has 10 nitrogen and oxygen atoms in total. The van der Waals surface area contributed by atoms with Gasteiger partial charge in [-0.1, -0.05) is 5.16 Å². The number of hydrogen-bond donors (Lipinski definition) is 1. The second-order valence-electron chi connectivity index (χ2n) is 10.2. The molecule has 0 radical (unpaired) electrons. The SMILES string of the molecule is CCN(C(=O)c1cnc(N2C[C@H](c3cc(F)ccc3F)[C@@H](N)C2)nc1)C1CCN(c2nc(C(C)(F)F)no2)CC1. The fraction of sp³-hybridized carbons (Fsp3) is 0.500. The molecule has 5 rings (SSSR count). The topological polar surface area (TPSA) is 118 Å². The molecule has 2 aliphatic heterocycles. The quantitative estimate of drug-likeness (QED) is 0.433. The Balaban J connectivity index is 1.21. The Bertz CT molecular complexity index is 1340. The minimum absolute atomic E-state index is 0.0392. The summed E-state index contributed by atoms with van der Waals surface area (Å²) in [4.78, 5) is 31.1. The Hall–Kier alpha value is -3.81. The van der Waals surface area contributed by atoms with E-state index >= 15 is 0 Å². The summed E-state index contributed by atoms with van der Waals surface area (Å²) in [5.41, 5.74) is 6.78. The molecule has 2 N–H and O–H groups in total. The summed E-state index contributed by atoms with van der Waals surface area (Å²) >= 11 is 0. The normalized spacial score (nSPS) is 20.3. The van der Waals surface area contributed by atoms with Gasteiger partial charge in [-0.2, -0.15) is 13.8 Å². The fourth-order valence-corrected chi connectivity index (χ4v) is 5.34. The van der Waals surface area contributed by atoms with Crippen molar-refractivity contribution < 1.29 is 26.9 Å². The number of anilines is 2. The Morgan fingerprint density at radius 2 is 1.85 bits per heavy atom. The Morgan fingerprint density at radius 1 is 1.15 bits per heavy atom. The predicted molar refractivity (Wildman–Crippen MR) is 137 cm³/mol. The predicted octanol–water partition coefficient (Wildman–Crippen LogP) is 3.31. The van der Waals surface area contributed by atoms with Crippen LogP contribution in [0.2, 0.25) is 0 Å². The molecule has 0 unspecified atom stereocenters. The molecule has 3 aromatic rings. The van der Waals surface area contributed by atoms with Crippen LogP contribution < -0.4 is 15.5 Å². The van der Waals surface area contributed by atoms with Crippen LogP contribution in [-0.4, -0.2) is 75.7 Å². The third-order valence-corrected chi connectivity index (χ3v) is 7.48. The molecule has 1 aromatic carbocycles. The van der Waals surface area contributed by atoms with Crippen LogP contribution in [0.3, 0.4) is 0 Å². The lowest BCUT2D eigenvalue weighted by Crippen LogP contribution is -2.47. The highest BCUT2D eigenvalue weighted by Crippen LogP contribution is 2.31. The van der Waals surface area contributed by atoms with Crippen molar-refractivity contribution in [3.8, 4) is 0 Å². The molecule has 2 fully saturated rings. The highest BCUT2D eigenvalue weighted by atomic mass is 19.3. The summed E-state index contributed by atoms with van der Waals surface area (Å²) in [5.74, 6) is -5.21. The molecule has 214 valence electrons. The standard InChI is InChI=1S/C26H30F4N8O2/c1-3-38(17-6-8-36(9-7-17)25-34-23(35-40-25)26(2,29)30)22(39)15-11-32-24(33-12-15)37-13-19(21(31)14-37)18-10-16(27)4-5-20(18)28/h4-5,10-12,17,19,21H,3,6-9,13-14,31H2,1-2H3/t19-,21+/m1/s1. The van der Waals surface area contributed by atoms with Crippen LogP contribution in [0, 0.1) is 11.6 Å². The Labute approximate surface area is 228 Å². The number of nitrogens with zero attached hydrogens (tertiary/aromatic N) is 7. The molecule has 0 aliphatic carbocycles. The largest absolute Gasteiger partial charge is 0.339 e. The monoisotopic (exact) mass is 562 g/mol. The van der Waals surface area contributed by atoms with Gasteiger partial charge in [-0.05, 0) is 43.5 Å². The van der Waals surface area contributed by atoms with E-state index in [4.69, 9.17) is 10.3 Å². The number of alkyl halides is 2. The maximum absolute atomic E-state index is 14.3. The summed E-state index contributed by atoms with van der Waals surface area (Å²) in [5, 5.41) is 3.37. The zero-order valence-electron chi connectivity index (χ0n) is 22.1. The van der Waals surface area contributed by atoms with Crippen molar-refractivity contribution in [2.24, 2.45) is 5.73 Å². The van der Waals surface area contributed by atoms with Gasteiger partial charge in [0.1, 0.15) is 11.6 Å².